The number of nitrogens with zero attached hydrogens (tertiary/aromatic N) is 2. The van der Waals surface area contributed by atoms with Crippen molar-refractivity contribution in [1.29, 1.82) is 0 Å². The third kappa shape index (κ3) is 2.81. The van der Waals surface area contributed by atoms with Crippen LogP contribution >= 0.6 is 0 Å². The zero-order valence-electron chi connectivity index (χ0n) is 14.0. The van der Waals surface area contributed by atoms with Gasteiger partial charge in [0.25, 0.3) is 0 Å². The summed E-state index contributed by atoms with van der Waals surface area (Å²) in [5, 5.41) is 4.19. The molecule has 0 atom stereocenters. The van der Waals surface area contributed by atoms with Crippen LogP contribution in [0.25, 0.3) is 11.3 Å². The molecule has 2 aromatic rings. The summed E-state index contributed by atoms with van der Waals surface area (Å²) in [7, 11) is 0. The van der Waals surface area contributed by atoms with Gasteiger partial charge in [-0.1, -0.05) is 35.5 Å². The SMILES string of the molecule is NC(=O)C1CCN(C(=O)C2(c3cc(-c4ccccc4)on3)CC2)CC1. The largest absolute Gasteiger partial charge is 0.369 e. The Bertz CT molecular complexity index is 787. The maximum Gasteiger partial charge on any atom is 0.234 e. The highest BCUT2D eigenvalue weighted by atomic mass is 16.5. The monoisotopic (exact) mass is 339 g/mol. The molecule has 4 rings (SSSR count). The summed E-state index contributed by atoms with van der Waals surface area (Å²) in [4.78, 5) is 26.2. The number of rotatable bonds is 4. The molecule has 25 heavy (non-hydrogen) atoms. The van der Waals surface area contributed by atoms with Gasteiger partial charge in [-0.15, -0.1) is 0 Å². The van der Waals surface area contributed by atoms with E-state index in [1.807, 2.05) is 41.3 Å². The molecule has 1 saturated carbocycles. The standard InChI is InChI=1S/C19H21N3O3/c20-17(23)14-6-10-22(11-7-14)18(24)19(8-9-19)16-12-15(25-21-16)13-4-2-1-3-5-13/h1-5,12,14H,6-11H2,(H2,20,23). The minimum atomic E-state index is -0.546. The molecule has 1 aliphatic carbocycles. The van der Waals surface area contributed by atoms with Crippen LogP contribution in [0.2, 0.25) is 0 Å². The number of hydrogen-bond acceptors (Lipinski definition) is 4. The number of benzene rings is 1. The highest BCUT2D eigenvalue weighted by Gasteiger charge is 2.55. The van der Waals surface area contributed by atoms with Crippen LogP contribution in [-0.4, -0.2) is 35.0 Å². The number of amides is 2. The maximum atomic E-state index is 13.0. The number of aromatic nitrogens is 1. The Morgan fingerprint density at radius 1 is 1.16 bits per heavy atom. The van der Waals surface area contributed by atoms with Crippen LogP contribution in [0.4, 0.5) is 0 Å². The number of primary amides is 1. The van der Waals surface area contributed by atoms with E-state index < -0.39 is 5.41 Å². The molecular formula is C19H21N3O3. The summed E-state index contributed by atoms with van der Waals surface area (Å²) in [6.45, 7) is 1.16. The third-order valence-corrected chi connectivity index (χ3v) is 5.40. The molecule has 0 unspecified atom stereocenters. The number of likely N-dealkylation sites (tertiary alicyclic amines) is 1. The second-order valence-electron chi connectivity index (χ2n) is 6.99. The van der Waals surface area contributed by atoms with Gasteiger partial charge in [0, 0.05) is 30.6 Å². The number of carbonyl (C=O) groups is 2. The highest BCUT2D eigenvalue weighted by molar-refractivity contribution is 5.91. The van der Waals surface area contributed by atoms with Gasteiger partial charge in [-0.3, -0.25) is 9.59 Å². The first-order chi connectivity index (χ1) is 12.1. The lowest BCUT2D eigenvalue weighted by Crippen LogP contribution is -2.46. The molecule has 0 bridgehead atoms. The van der Waals surface area contributed by atoms with E-state index >= 15 is 0 Å². The van der Waals surface area contributed by atoms with Gasteiger partial charge in [0.05, 0.1) is 11.1 Å². The molecule has 6 nitrogen and oxygen atoms in total. The Hall–Kier alpha value is -2.63. The van der Waals surface area contributed by atoms with Gasteiger partial charge >= 0.3 is 0 Å². The molecular weight excluding hydrogens is 318 g/mol. The maximum absolute atomic E-state index is 13.0. The predicted molar refractivity (Wildman–Crippen MR) is 91.3 cm³/mol. The first kappa shape index (κ1) is 15.9. The van der Waals surface area contributed by atoms with Gasteiger partial charge in [0.2, 0.25) is 11.8 Å². The van der Waals surface area contributed by atoms with E-state index in [-0.39, 0.29) is 17.7 Å². The van der Waals surface area contributed by atoms with Crippen molar-refractivity contribution in [2.45, 2.75) is 31.1 Å². The van der Waals surface area contributed by atoms with E-state index in [1.165, 1.54) is 0 Å². The van der Waals surface area contributed by atoms with Crippen LogP contribution in [0.3, 0.4) is 0 Å². The van der Waals surface area contributed by atoms with Crippen LogP contribution in [0, 0.1) is 5.92 Å². The molecule has 6 heteroatoms. The number of carbonyl (C=O) groups excluding carboxylic acids is 2. The van der Waals surface area contributed by atoms with Crippen molar-refractivity contribution < 1.29 is 14.1 Å². The van der Waals surface area contributed by atoms with Crippen molar-refractivity contribution in [2.24, 2.45) is 11.7 Å². The van der Waals surface area contributed by atoms with Gasteiger partial charge < -0.3 is 15.2 Å². The molecule has 0 spiro atoms. The van der Waals surface area contributed by atoms with Gasteiger partial charge in [-0.25, -0.2) is 0 Å². The Balaban J connectivity index is 1.50. The van der Waals surface area contributed by atoms with Crippen LogP contribution in [0.5, 0.6) is 0 Å². The van der Waals surface area contributed by atoms with Crippen LogP contribution in [0.15, 0.2) is 40.9 Å². The van der Waals surface area contributed by atoms with Crippen molar-refractivity contribution in [3.63, 3.8) is 0 Å². The summed E-state index contributed by atoms with van der Waals surface area (Å²) in [6.07, 6.45) is 2.88. The second kappa shape index (κ2) is 6.02. The highest BCUT2D eigenvalue weighted by Crippen LogP contribution is 2.50. The molecule has 1 aromatic heterocycles. The van der Waals surface area contributed by atoms with E-state index in [2.05, 4.69) is 5.16 Å². The van der Waals surface area contributed by atoms with Gasteiger partial charge in [0.1, 0.15) is 0 Å². The molecule has 2 fully saturated rings. The lowest BCUT2D eigenvalue weighted by Gasteiger charge is -2.32. The zero-order valence-corrected chi connectivity index (χ0v) is 14.0. The number of nitrogens with two attached hydrogens (primary N) is 1. The summed E-state index contributed by atoms with van der Waals surface area (Å²) in [5.74, 6) is 0.401. The van der Waals surface area contributed by atoms with Gasteiger partial charge in [-0.2, -0.15) is 0 Å². The van der Waals surface area contributed by atoms with Crippen LogP contribution in [0.1, 0.15) is 31.4 Å². The Morgan fingerprint density at radius 2 is 1.84 bits per heavy atom. The minimum absolute atomic E-state index is 0.100. The smallest absolute Gasteiger partial charge is 0.234 e. The molecule has 1 aromatic carbocycles. The van der Waals surface area contributed by atoms with Crippen molar-refractivity contribution in [3.05, 3.63) is 42.1 Å². The first-order valence-electron chi connectivity index (χ1n) is 8.71. The van der Waals surface area contributed by atoms with E-state index in [0.29, 0.717) is 37.4 Å². The van der Waals surface area contributed by atoms with E-state index in [4.69, 9.17) is 10.3 Å². The van der Waals surface area contributed by atoms with E-state index in [0.717, 1.165) is 18.4 Å². The summed E-state index contributed by atoms with van der Waals surface area (Å²) < 4.78 is 5.48. The zero-order chi connectivity index (χ0) is 17.4. The Kier molecular flexibility index (Phi) is 3.82. The molecule has 2 aliphatic rings. The summed E-state index contributed by atoms with van der Waals surface area (Å²) in [6, 6.07) is 11.6. The average Bonchev–Trinajstić information content (AvgIpc) is 3.31. The molecule has 2 amide bonds. The van der Waals surface area contributed by atoms with Crippen molar-refractivity contribution in [2.75, 3.05) is 13.1 Å². The first-order valence-corrected chi connectivity index (χ1v) is 8.71. The van der Waals surface area contributed by atoms with E-state index in [1.54, 1.807) is 0 Å². The van der Waals surface area contributed by atoms with Gasteiger partial charge in [0.15, 0.2) is 5.76 Å². The topological polar surface area (TPSA) is 89.4 Å². The quantitative estimate of drug-likeness (QED) is 0.924. The van der Waals surface area contributed by atoms with E-state index in [9.17, 15) is 9.59 Å². The average molecular weight is 339 g/mol. The van der Waals surface area contributed by atoms with Crippen molar-refractivity contribution in [1.82, 2.24) is 10.1 Å². The fourth-order valence-corrected chi connectivity index (χ4v) is 3.61. The fraction of sp³-hybridized carbons (Fsp3) is 0.421. The van der Waals surface area contributed by atoms with Crippen LogP contribution < -0.4 is 5.73 Å². The third-order valence-electron chi connectivity index (χ3n) is 5.40. The molecule has 0 radical (unpaired) electrons. The normalized spacial score (nSPS) is 19.6. The Labute approximate surface area is 146 Å². The minimum Gasteiger partial charge on any atom is -0.369 e. The van der Waals surface area contributed by atoms with Crippen molar-refractivity contribution in [3.8, 4) is 11.3 Å². The van der Waals surface area contributed by atoms with Crippen molar-refractivity contribution >= 4 is 11.8 Å². The van der Waals surface area contributed by atoms with Gasteiger partial charge in [-0.05, 0) is 25.7 Å². The summed E-state index contributed by atoms with van der Waals surface area (Å²) in [5.41, 5.74) is 6.49. The molecule has 130 valence electrons. The Morgan fingerprint density at radius 3 is 2.44 bits per heavy atom. The summed E-state index contributed by atoms with van der Waals surface area (Å²) >= 11 is 0. The molecule has 2 N–H and O–H groups in total. The second-order valence-corrected chi connectivity index (χ2v) is 6.99. The number of piperidine rings is 1. The molecule has 2 heterocycles. The fourth-order valence-electron chi connectivity index (χ4n) is 3.61. The lowest BCUT2D eigenvalue weighted by atomic mass is 9.93. The molecule has 1 aliphatic heterocycles. The van der Waals surface area contributed by atoms with Crippen LogP contribution in [-0.2, 0) is 15.0 Å². The lowest BCUT2D eigenvalue weighted by molar-refractivity contribution is -0.137. The predicted octanol–water partition coefficient (Wildman–Crippen LogP) is 2.10. The molecule has 1 saturated heterocycles. The number of hydrogen-bond donors (Lipinski definition) is 1.